The van der Waals surface area contributed by atoms with Crippen LogP contribution in [0.25, 0.3) is 5.57 Å². The zero-order valence-electron chi connectivity index (χ0n) is 28.2. The first kappa shape index (κ1) is 36.8. The van der Waals surface area contributed by atoms with E-state index in [4.69, 9.17) is 14.2 Å². The average Bonchev–Trinajstić information content (AvgIpc) is 3.33. The minimum atomic E-state index is -5.05. The highest BCUT2D eigenvalue weighted by molar-refractivity contribution is 5.95. The summed E-state index contributed by atoms with van der Waals surface area (Å²) in [5.74, 6) is 0.122. The lowest BCUT2D eigenvalue weighted by atomic mass is 9.72. The van der Waals surface area contributed by atoms with E-state index >= 15 is 0 Å². The Labute approximate surface area is 286 Å². The third-order valence-corrected chi connectivity index (χ3v) is 9.23. The van der Waals surface area contributed by atoms with E-state index < -0.39 is 59.3 Å². The number of benzene rings is 3. The van der Waals surface area contributed by atoms with Crippen LogP contribution in [-0.4, -0.2) is 43.7 Å². The number of carbonyl (C=O) groups excluding carboxylic acids is 2. The Morgan fingerprint density at radius 2 is 1.62 bits per heavy atom. The first-order valence-corrected chi connectivity index (χ1v) is 16.0. The van der Waals surface area contributed by atoms with Gasteiger partial charge < -0.3 is 19.5 Å². The molecule has 0 radical (unpaired) electrons. The number of hydrogen-bond donors (Lipinski definition) is 1. The minimum absolute atomic E-state index is 0.0137. The molecule has 0 unspecified atom stereocenters. The molecule has 3 aromatic rings. The van der Waals surface area contributed by atoms with Crippen molar-refractivity contribution in [3.8, 4) is 5.75 Å². The first-order valence-electron chi connectivity index (χ1n) is 16.0. The second kappa shape index (κ2) is 14.0. The summed E-state index contributed by atoms with van der Waals surface area (Å²) < 4.78 is 98.4. The van der Waals surface area contributed by atoms with Gasteiger partial charge in [-0.2, -0.15) is 26.3 Å². The quantitative estimate of drug-likeness (QED) is 0.225. The van der Waals surface area contributed by atoms with Crippen LogP contribution >= 0.6 is 0 Å². The molecule has 0 bridgehead atoms. The van der Waals surface area contributed by atoms with Gasteiger partial charge in [0.15, 0.2) is 6.10 Å². The normalized spacial score (nSPS) is 20.1. The number of anilines is 1. The Kier molecular flexibility index (Phi) is 10.3. The number of halogens is 6. The van der Waals surface area contributed by atoms with Crippen molar-refractivity contribution in [2.45, 2.75) is 70.6 Å². The van der Waals surface area contributed by atoms with Crippen LogP contribution in [0.3, 0.4) is 0 Å². The Morgan fingerprint density at radius 1 is 0.980 bits per heavy atom. The number of ether oxygens (including phenoxy) is 3. The van der Waals surface area contributed by atoms with E-state index in [2.05, 4.69) is 19.2 Å². The maximum Gasteiger partial charge on any atom is 0.416 e. The average molecular weight is 705 g/mol. The SMILES string of the molecule is COc1ccc(NC(=O)[C@@H](OC)c2ccccc2)cc1C1=C(CN2C(=O)O[C@H](c3cc(C(F)(F)F)cc(C(F)(F)F)c3)[C@@H]2C)CC(C)(C)CC1. The van der Waals surface area contributed by atoms with Gasteiger partial charge in [0.05, 0.1) is 24.3 Å². The molecule has 1 saturated heterocycles. The van der Waals surface area contributed by atoms with E-state index in [1.165, 1.54) is 26.0 Å². The lowest BCUT2D eigenvalue weighted by Crippen LogP contribution is -2.35. The predicted octanol–water partition coefficient (Wildman–Crippen LogP) is 9.60. The van der Waals surface area contributed by atoms with Gasteiger partial charge in [-0.05, 0) is 90.3 Å². The molecule has 50 heavy (non-hydrogen) atoms. The maximum absolute atomic E-state index is 13.6. The van der Waals surface area contributed by atoms with Gasteiger partial charge in [0, 0.05) is 24.9 Å². The highest BCUT2D eigenvalue weighted by Gasteiger charge is 2.44. The summed E-state index contributed by atoms with van der Waals surface area (Å²) in [6.07, 6.45) is -11.3. The summed E-state index contributed by atoms with van der Waals surface area (Å²) in [5.41, 5.74) is -0.0567. The highest BCUT2D eigenvalue weighted by Crippen LogP contribution is 2.47. The lowest BCUT2D eigenvalue weighted by molar-refractivity contribution is -0.143. The molecule has 7 nitrogen and oxygen atoms in total. The van der Waals surface area contributed by atoms with Crippen molar-refractivity contribution in [1.29, 1.82) is 0 Å². The van der Waals surface area contributed by atoms with Crippen LogP contribution in [-0.2, 0) is 26.6 Å². The third-order valence-electron chi connectivity index (χ3n) is 9.23. The molecule has 0 spiro atoms. The van der Waals surface area contributed by atoms with E-state index in [-0.39, 0.29) is 18.0 Å². The van der Waals surface area contributed by atoms with Crippen molar-refractivity contribution in [3.05, 3.63) is 100 Å². The molecule has 268 valence electrons. The molecule has 3 aromatic carbocycles. The largest absolute Gasteiger partial charge is 0.496 e. The summed E-state index contributed by atoms with van der Waals surface area (Å²) in [4.78, 5) is 27.9. The zero-order valence-corrected chi connectivity index (χ0v) is 28.2. The first-order chi connectivity index (χ1) is 23.4. The fourth-order valence-electron chi connectivity index (χ4n) is 6.65. The summed E-state index contributed by atoms with van der Waals surface area (Å²) in [7, 11) is 2.95. The fourth-order valence-corrected chi connectivity index (χ4v) is 6.65. The highest BCUT2D eigenvalue weighted by atomic mass is 19.4. The molecule has 2 aliphatic rings. The number of nitrogens with zero attached hydrogens (tertiary/aromatic N) is 1. The number of carbonyl (C=O) groups is 2. The van der Waals surface area contributed by atoms with Gasteiger partial charge in [0.25, 0.3) is 5.91 Å². The summed E-state index contributed by atoms with van der Waals surface area (Å²) in [6.45, 7) is 5.69. The summed E-state index contributed by atoms with van der Waals surface area (Å²) >= 11 is 0. The smallest absolute Gasteiger partial charge is 0.416 e. The van der Waals surface area contributed by atoms with Crippen molar-refractivity contribution in [3.63, 3.8) is 0 Å². The fraction of sp³-hybridized carbons (Fsp3) is 0.405. The number of alkyl halides is 6. The van der Waals surface area contributed by atoms with E-state index in [9.17, 15) is 35.9 Å². The third kappa shape index (κ3) is 7.93. The van der Waals surface area contributed by atoms with Crippen LogP contribution < -0.4 is 10.1 Å². The van der Waals surface area contributed by atoms with Crippen molar-refractivity contribution in [1.82, 2.24) is 4.90 Å². The van der Waals surface area contributed by atoms with Crippen LogP contribution in [0.4, 0.5) is 36.8 Å². The van der Waals surface area contributed by atoms with Gasteiger partial charge >= 0.3 is 18.4 Å². The Balaban J connectivity index is 1.49. The molecule has 1 heterocycles. The van der Waals surface area contributed by atoms with Crippen LogP contribution in [0, 0.1) is 5.41 Å². The number of allylic oxidation sites excluding steroid dienone is 1. The standard InChI is InChI=1S/C37H38F6N2O5/c1-21-31(23-15-25(36(38,39)40)17-26(16-23)37(41,42)43)50-34(47)45(21)20-24-19-35(2,3)14-13-28(24)29-18-27(11-12-30(29)48-4)44-33(46)32(49-5)22-9-7-6-8-10-22/h6-12,15-18,21,31-32H,13-14,19-20H2,1-5H3,(H,44,46)/t21-,31-,32-/m0/s1. The van der Waals surface area contributed by atoms with Gasteiger partial charge in [0.2, 0.25) is 0 Å². The minimum Gasteiger partial charge on any atom is -0.496 e. The van der Waals surface area contributed by atoms with Gasteiger partial charge in [-0.15, -0.1) is 0 Å². The number of methoxy groups -OCH3 is 2. The number of hydrogen-bond acceptors (Lipinski definition) is 5. The van der Waals surface area contributed by atoms with Crippen LogP contribution in [0.2, 0.25) is 0 Å². The van der Waals surface area contributed by atoms with Gasteiger partial charge in [-0.25, -0.2) is 4.79 Å². The molecule has 3 atom stereocenters. The van der Waals surface area contributed by atoms with Crippen LogP contribution in [0.5, 0.6) is 5.75 Å². The molecule has 13 heteroatoms. The Bertz CT molecular complexity index is 1740. The van der Waals surface area contributed by atoms with Gasteiger partial charge in [-0.1, -0.05) is 44.2 Å². The molecular weight excluding hydrogens is 666 g/mol. The van der Waals surface area contributed by atoms with Gasteiger partial charge in [0.1, 0.15) is 11.9 Å². The predicted molar refractivity (Wildman–Crippen MR) is 174 cm³/mol. The van der Waals surface area contributed by atoms with E-state index in [0.29, 0.717) is 47.5 Å². The molecular formula is C37H38F6N2O5. The number of amides is 2. The van der Waals surface area contributed by atoms with Crippen molar-refractivity contribution in [2.75, 3.05) is 26.1 Å². The van der Waals surface area contributed by atoms with E-state index in [0.717, 1.165) is 17.6 Å². The number of rotatable bonds is 9. The molecule has 0 aromatic heterocycles. The van der Waals surface area contributed by atoms with Crippen LogP contribution in [0.15, 0.2) is 72.3 Å². The summed E-state index contributed by atoms with van der Waals surface area (Å²) in [5, 5.41) is 2.91. The Hall–Kier alpha value is -4.52. The maximum atomic E-state index is 13.6. The molecule has 1 aliphatic heterocycles. The second-order valence-electron chi connectivity index (χ2n) is 13.4. The molecule has 0 saturated carbocycles. The van der Waals surface area contributed by atoms with E-state index in [1.807, 2.05) is 6.07 Å². The lowest BCUT2D eigenvalue weighted by Gasteiger charge is -2.36. The molecule has 1 N–H and O–H groups in total. The summed E-state index contributed by atoms with van der Waals surface area (Å²) in [6, 6.07) is 14.5. The van der Waals surface area contributed by atoms with Crippen LogP contribution in [0.1, 0.15) is 80.1 Å². The topological polar surface area (TPSA) is 77.1 Å². The van der Waals surface area contributed by atoms with E-state index in [1.54, 1.807) is 42.5 Å². The number of cyclic esters (lactones) is 1. The molecule has 2 amide bonds. The van der Waals surface area contributed by atoms with Gasteiger partial charge in [-0.3, -0.25) is 9.69 Å². The molecule has 5 rings (SSSR count). The monoisotopic (exact) mass is 704 g/mol. The van der Waals surface area contributed by atoms with Crippen molar-refractivity contribution >= 4 is 23.3 Å². The molecule has 1 fully saturated rings. The molecule has 1 aliphatic carbocycles. The second-order valence-corrected chi connectivity index (χ2v) is 13.4. The zero-order chi connectivity index (χ0) is 36.6. The number of nitrogens with one attached hydrogen (secondary N) is 1. The Morgan fingerprint density at radius 3 is 2.20 bits per heavy atom. The van der Waals surface area contributed by atoms with Crippen molar-refractivity contribution < 1.29 is 50.1 Å². The van der Waals surface area contributed by atoms with Crippen molar-refractivity contribution in [2.24, 2.45) is 5.41 Å².